The molecule has 0 saturated heterocycles. The van der Waals surface area contributed by atoms with Crippen LogP contribution < -0.4 is 0 Å². The molecule has 0 spiro atoms. The molecule has 4 saturated carbocycles. The Balaban J connectivity index is 1.57. The first-order chi connectivity index (χ1) is 14.5. The van der Waals surface area contributed by atoms with Gasteiger partial charge in [-0.05, 0) is 80.5 Å². The molecule has 4 fully saturated rings. The van der Waals surface area contributed by atoms with Crippen LogP contribution in [0.3, 0.4) is 0 Å². The molecular formula is C25H38O4S2. The fraction of sp³-hybridized carbons (Fsp3) is 0.880. The monoisotopic (exact) mass is 466 g/mol. The summed E-state index contributed by atoms with van der Waals surface area (Å²) < 4.78 is 5.79. The maximum Gasteiger partial charge on any atom is 0.302 e. The number of ether oxygens (including phenoxy) is 1. The van der Waals surface area contributed by atoms with Crippen molar-refractivity contribution in [2.45, 2.75) is 103 Å². The highest BCUT2D eigenvalue weighted by atomic mass is 32.2. The highest BCUT2D eigenvalue weighted by Crippen LogP contribution is 2.67. The highest BCUT2D eigenvalue weighted by Gasteiger charge is 2.62. The Morgan fingerprint density at radius 2 is 1.45 bits per heavy atom. The van der Waals surface area contributed by atoms with Crippen LogP contribution in [0.4, 0.5) is 0 Å². The third kappa shape index (κ3) is 4.25. The van der Waals surface area contributed by atoms with E-state index in [0.29, 0.717) is 23.7 Å². The van der Waals surface area contributed by atoms with Crippen LogP contribution in [0.2, 0.25) is 0 Å². The number of rotatable bonds is 3. The number of esters is 1. The smallest absolute Gasteiger partial charge is 0.302 e. The molecule has 4 aliphatic rings. The van der Waals surface area contributed by atoms with Gasteiger partial charge >= 0.3 is 5.97 Å². The Morgan fingerprint density at radius 1 is 0.806 bits per heavy atom. The average molecular weight is 467 g/mol. The maximum absolute atomic E-state index is 12.0. The van der Waals surface area contributed by atoms with Gasteiger partial charge < -0.3 is 4.74 Å². The Bertz CT molecular complexity index is 754. The van der Waals surface area contributed by atoms with Gasteiger partial charge in [0, 0.05) is 36.7 Å². The summed E-state index contributed by atoms with van der Waals surface area (Å²) in [4.78, 5) is 35.6. The molecule has 0 unspecified atom stereocenters. The van der Waals surface area contributed by atoms with Gasteiger partial charge in [-0.3, -0.25) is 14.4 Å². The first-order valence-corrected chi connectivity index (χ1v) is 13.8. The third-order valence-corrected chi connectivity index (χ3v) is 12.0. The lowest BCUT2D eigenvalue weighted by atomic mass is 9.45. The first-order valence-electron chi connectivity index (χ1n) is 12.1. The van der Waals surface area contributed by atoms with Gasteiger partial charge in [0.05, 0.1) is 0 Å². The number of carbonyl (C=O) groups excluding carboxylic acids is 3. The number of hydrogen-bond acceptors (Lipinski definition) is 6. The Morgan fingerprint density at radius 3 is 2.10 bits per heavy atom. The van der Waals surface area contributed by atoms with Gasteiger partial charge in [0.15, 0.2) is 10.2 Å². The minimum atomic E-state index is -0.143. The average Bonchev–Trinajstić information content (AvgIpc) is 2.97. The zero-order chi connectivity index (χ0) is 22.6. The Kier molecular flexibility index (Phi) is 6.64. The van der Waals surface area contributed by atoms with Crippen molar-refractivity contribution < 1.29 is 19.1 Å². The molecule has 0 heterocycles. The molecular weight excluding hydrogens is 428 g/mol. The first kappa shape index (κ1) is 23.7. The van der Waals surface area contributed by atoms with E-state index in [4.69, 9.17) is 4.74 Å². The van der Waals surface area contributed by atoms with Gasteiger partial charge in [-0.25, -0.2) is 0 Å². The number of thioether (sulfide) groups is 2. The lowest BCUT2D eigenvalue weighted by molar-refractivity contribution is -0.161. The summed E-state index contributed by atoms with van der Waals surface area (Å²) in [5.41, 5.74) is 0.357. The van der Waals surface area contributed by atoms with E-state index in [1.807, 2.05) is 0 Å². The molecule has 0 aromatic rings. The summed E-state index contributed by atoms with van der Waals surface area (Å²) in [7, 11) is 0. The number of hydrogen-bond donors (Lipinski definition) is 0. The number of fused-ring (bicyclic) bond motifs is 5. The summed E-state index contributed by atoms with van der Waals surface area (Å²) in [5, 5.41) is 0.837. The second-order valence-corrected chi connectivity index (χ2v) is 13.9. The van der Waals surface area contributed by atoms with Gasteiger partial charge in [-0.1, -0.05) is 37.4 Å². The van der Waals surface area contributed by atoms with Crippen molar-refractivity contribution in [3.05, 3.63) is 0 Å². The van der Waals surface area contributed by atoms with Gasteiger partial charge in [-0.2, -0.15) is 0 Å². The minimum Gasteiger partial charge on any atom is -0.462 e. The molecule has 0 radical (unpaired) electrons. The zero-order valence-corrected chi connectivity index (χ0v) is 21.3. The van der Waals surface area contributed by atoms with Crippen LogP contribution in [-0.2, 0) is 19.1 Å². The standard InChI is InChI=1S/C25H38O4S2/c1-14(26)29-23-9-8-19-18-7-6-17-12-21(30-15(2)27)22(31-16(3)28)13-25(17,5)20(18)10-11-24(19,23)4/h17-23H,6-13H2,1-5H3/t17-,18-,19-,20-,21-,22-,23-,24-,25-/m0/s1. The van der Waals surface area contributed by atoms with Crippen LogP contribution in [0.15, 0.2) is 0 Å². The van der Waals surface area contributed by atoms with Gasteiger partial charge in [0.25, 0.3) is 0 Å². The van der Waals surface area contributed by atoms with Crippen molar-refractivity contribution in [2.75, 3.05) is 0 Å². The minimum absolute atomic E-state index is 0.0743. The van der Waals surface area contributed by atoms with Crippen molar-refractivity contribution in [1.29, 1.82) is 0 Å². The molecule has 0 amide bonds. The van der Waals surface area contributed by atoms with Crippen LogP contribution in [0.25, 0.3) is 0 Å². The second-order valence-electron chi connectivity index (χ2n) is 11.1. The zero-order valence-electron chi connectivity index (χ0n) is 19.6. The normalized spacial score (nSPS) is 46.4. The summed E-state index contributed by atoms with van der Waals surface area (Å²) in [6.45, 7) is 9.74. The van der Waals surface area contributed by atoms with E-state index in [1.54, 1.807) is 20.8 Å². The predicted molar refractivity (Wildman–Crippen MR) is 127 cm³/mol. The van der Waals surface area contributed by atoms with Crippen molar-refractivity contribution in [3.8, 4) is 0 Å². The predicted octanol–water partition coefficient (Wildman–Crippen LogP) is 5.87. The topological polar surface area (TPSA) is 60.4 Å². The fourth-order valence-corrected chi connectivity index (χ4v) is 10.7. The van der Waals surface area contributed by atoms with E-state index >= 15 is 0 Å². The molecule has 0 aromatic heterocycles. The van der Waals surface area contributed by atoms with Gasteiger partial charge in [0.2, 0.25) is 0 Å². The van der Waals surface area contributed by atoms with Crippen LogP contribution in [0, 0.1) is 34.5 Å². The fourth-order valence-electron chi connectivity index (χ4n) is 8.25. The quantitative estimate of drug-likeness (QED) is 0.485. The van der Waals surface area contributed by atoms with E-state index < -0.39 is 0 Å². The molecule has 4 aliphatic carbocycles. The van der Waals surface area contributed by atoms with Gasteiger partial charge in [-0.15, -0.1) is 0 Å². The molecule has 6 heteroatoms. The molecule has 0 N–H and O–H groups in total. The van der Waals surface area contributed by atoms with Crippen LogP contribution in [0.1, 0.15) is 86.0 Å². The van der Waals surface area contributed by atoms with E-state index in [0.717, 1.165) is 25.7 Å². The molecule has 0 aromatic carbocycles. The summed E-state index contributed by atoms with van der Waals surface area (Å²) in [5.74, 6) is 2.51. The van der Waals surface area contributed by atoms with Crippen molar-refractivity contribution in [1.82, 2.24) is 0 Å². The lowest BCUT2D eigenvalue weighted by Gasteiger charge is -2.61. The van der Waals surface area contributed by atoms with E-state index in [-0.39, 0.29) is 43.6 Å². The van der Waals surface area contributed by atoms with Crippen LogP contribution >= 0.6 is 23.5 Å². The third-order valence-electron chi connectivity index (χ3n) is 9.49. The summed E-state index contributed by atoms with van der Waals surface area (Å²) >= 11 is 2.95. The molecule has 31 heavy (non-hydrogen) atoms. The van der Waals surface area contributed by atoms with Crippen molar-refractivity contribution >= 4 is 39.7 Å². The molecule has 4 rings (SSSR count). The van der Waals surface area contributed by atoms with Crippen LogP contribution in [0.5, 0.6) is 0 Å². The summed E-state index contributed by atoms with van der Waals surface area (Å²) in [6.07, 6.45) is 9.19. The van der Waals surface area contributed by atoms with Gasteiger partial charge in [0.1, 0.15) is 6.10 Å². The summed E-state index contributed by atoms with van der Waals surface area (Å²) in [6, 6.07) is 0. The molecule has 0 bridgehead atoms. The lowest BCUT2D eigenvalue weighted by Crippen LogP contribution is -2.56. The second kappa shape index (κ2) is 8.70. The maximum atomic E-state index is 12.0. The Hall–Kier alpha value is -0.490. The molecule has 9 atom stereocenters. The van der Waals surface area contributed by atoms with Crippen molar-refractivity contribution in [2.24, 2.45) is 34.5 Å². The molecule has 0 aliphatic heterocycles. The molecule has 4 nitrogen and oxygen atoms in total. The molecule has 174 valence electrons. The number of carbonyl (C=O) groups is 3. The Labute approximate surface area is 195 Å². The van der Waals surface area contributed by atoms with E-state index in [9.17, 15) is 14.4 Å². The van der Waals surface area contributed by atoms with E-state index in [1.165, 1.54) is 49.2 Å². The van der Waals surface area contributed by atoms with E-state index in [2.05, 4.69) is 13.8 Å². The SMILES string of the molecule is CC(=O)O[C@H]1CC[C@H]2[C@@H]3CC[C@H]4C[C@H](SC(C)=O)[C@@H](SC(C)=O)C[C@]4(C)[C@H]3CC[C@]12C. The highest BCUT2D eigenvalue weighted by molar-refractivity contribution is 8.17. The van der Waals surface area contributed by atoms with Crippen LogP contribution in [-0.4, -0.2) is 32.8 Å². The largest absolute Gasteiger partial charge is 0.462 e. The van der Waals surface area contributed by atoms with Crippen molar-refractivity contribution in [3.63, 3.8) is 0 Å².